The summed E-state index contributed by atoms with van der Waals surface area (Å²) in [6.45, 7) is 2.39. The summed E-state index contributed by atoms with van der Waals surface area (Å²) < 4.78 is 13.2. The minimum absolute atomic E-state index is 0.270. The summed E-state index contributed by atoms with van der Waals surface area (Å²) in [5, 5.41) is 17.8. The fraction of sp³-hybridized carbons (Fsp3) is 0.429. The number of nitriles is 1. The summed E-state index contributed by atoms with van der Waals surface area (Å²) in [5.41, 5.74) is 1.13. The number of aliphatic hydroxyl groups is 1. The normalized spacial score (nSPS) is 15.9. The summed E-state index contributed by atoms with van der Waals surface area (Å²) in [6.07, 6.45) is 0. The molecule has 0 radical (unpaired) electrons. The highest BCUT2D eigenvalue weighted by Gasteiger charge is 2.21. The molecule has 0 aliphatic carbocycles. The van der Waals surface area contributed by atoms with Crippen LogP contribution in [0.5, 0.6) is 0 Å². The van der Waals surface area contributed by atoms with Crippen molar-refractivity contribution in [1.29, 1.82) is 5.26 Å². The van der Waals surface area contributed by atoms with E-state index < -0.39 is 6.61 Å². The molecule has 6 heteroatoms. The minimum Gasteiger partial charge on any atom is -0.387 e. The van der Waals surface area contributed by atoms with E-state index in [0.717, 1.165) is 0 Å². The lowest BCUT2D eigenvalue weighted by Gasteiger charge is -2.34. The first-order valence-electron chi connectivity index (χ1n) is 6.43. The van der Waals surface area contributed by atoms with Crippen LogP contribution < -0.4 is 0 Å². The van der Waals surface area contributed by atoms with Gasteiger partial charge in [-0.2, -0.15) is 5.26 Å². The topological polar surface area (TPSA) is 67.6 Å². The van der Waals surface area contributed by atoms with Crippen LogP contribution in [-0.4, -0.2) is 53.6 Å². The lowest BCUT2D eigenvalue weighted by Crippen LogP contribution is -2.49. The Kier molecular flexibility index (Phi) is 4.66. The Hall–Kier alpha value is -1.97. The summed E-state index contributed by atoms with van der Waals surface area (Å²) in [4.78, 5) is 15.0. The Labute approximate surface area is 116 Å². The van der Waals surface area contributed by atoms with E-state index in [2.05, 4.69) is 11.0 Å². The van der Waals surface area contributed by atoms with Gasteiger partial charge in [0.15, 0.2) is 0 Å². The van der Waals surface area contributed by atoms with E-state index >= 15 is 0 Å². The molecular weight excluding hydrogens is 261 g/mol. The summed E-state index contributed by atoms with van der Waals surface area (Å²) in [7, 11) is 0. The molecule has 1 amide bonds. The summed E-state index contributed by atoms with van der Waals surface area (Å²) >= 11 is 0. The zero-order chi connectivity index (χ0) is 14.5. The van der Waals surface area contributed by atoms with Crippen molar-refractivity contribution in [2.75, 3.05) is 32.8 Å². The number of piperazine rings is 1. The van der Waals surface area contributed by atoms with E-state index in [0.29, 0.717) is 43.9 Å². The Bertz CT molecular complexity index is 534. The van der Waals surface area contributed by atoms with Crippen molar-refractivity contribution in [3.63, 3.8) is 0 Å². The van der Waals surface area contributed by atoms with Gasteiger partial charge in [0.2, 0.25) is 5.91 Å². The molecule has 0 saturated carbocycles. The third-order valence-corrected chi connectivity index (χ3v) is 3.44. The number of carbonyl (C=O) groups excluding carboxylic acids is 1. The lowest BCUT2D eigenvalue weighted by molar-refractivity contribution is -0.135. The molecule has 1 fully saturated rings. The van der Waals surface area contributed by atoms with Crippen LogP contribution in [-0.2, 0) is 11.3 Å². The first kappa shape index (κ1) is 14.4. The molecule has 1 aromatic carbocycles. The maximum absolute atomic E-state index is 13.2. The Balaban J connectivity index is 1.98. The van der Waals surface area contributed by atoms with Crippen LogP contribution >= 0.6 is 0 Å². The first-order valence-corrected chi connectivity index (χ1v) is 6.43. The van der Waals surface area contributed by atoms with Gasteiger partial charge in [0, 0.05) is 32.7 Å². The Morgan fingerprint density at radius 2 is 2.05 bits per heavy atom. The third-order valence-electron chi connectivity index (χ3n) is 3.44. The highest BCUT2D eigenvalue weighted by atomic mass is 19.1. The molecule has 0 atom stereocenters. The number of carbonyl (C=O) groups is 1. The number of amides is 1. The molecule has 0 bridgehead atoms. The number of nitrogens with zero attached hydrogens (tertiary/aromatic N) is 3. The van der Waals surface area contributed by atoms with Crippen LogP contribution in [0.25, 0.3) is 0 Å². The predicted octanol–water partition coefficient (Wildman–Crippen LogP) is 0.334. The number of rotatable bonds is 3. The van der Waals surface area contributed by atoms with Gasteiger partial charge in [-0.25, -0.2) is 4.39 Å². The van der Waals surface area contributed by atoms with Crippen molar-refractivity contribution in [2.24, 2.45) is 0 Å². The van der Waals surface area contributed by atoms with Gasteiger partial charge in [-0.1, -0.05) is 0 Å². The molecule has 0 aromatic heterocycles. The highest BCUT2D eigenvalue weighted by molar-refractivity contribution is 5.77. The van der Waals surface area contributed by atoms with Crippen LogP contribution in [0.3, 0.4) is 0 Å². The van der Waals surface area contributed by atoms with Gasteiger partial charge in [0.25, 0.3) is 0 Å². The largest absolute Gasteiger partial charge is 0.387 e. The highest BCUT2D eigenvalue weighted by Crippen LogP contribution is 2.14. The summed E-state index contributed by atoms with van der Waals surface area (Å²) in [5.74, 6) is -0.624. The molecule has 1 saturated heterocycles. The second-order valence-corrected chi connectivity index (χ2v) is 4.73. The Morgan fingerprint density at radius 3 is 2.65 bits per heavy atom. The fourth-order valence-corrected chi connectivity index (χ4v) is 2.30. The number of halogens is 1. The quantitative estimate of drug-likeness (QED) is 0.865. The van der Waals surface area contributed by atoms with E-state index in [4.69, 9.17) is 10.4 Å². The van der Waals surface area contributed by atoms with Crippen molar-refractivity contribution in [2.45, 2.75) is 6.54 Å². The van der Waals surface area contributed by atoms with Gasteiger partial charge in [0.1, 0.15) is 12.4 Å². The fourth-order valence-electron chi connectivity index (χ4n) is 2.30. The number of aliphatic hydroxyl groups excluding tert-OH is 1. The van der Waals surface area contributed by atoms with Gasteiger partial charge < -0.3 is 10.0 Å². The molecular formula is C14H16FN3O2. The number of hydrogen-bond donors (Lipinski definition) is 1. The second-order valence-electron chi connectivity index (χ2n) is 4.73. The zero-order valence-electron chi connectivity index (χ0n) is 11.0. The number of benzene rings is 1. The third kappa shape index (κ3) is 3.32. The molecule has 1 N–H and O–H groups in total. The zero-order valence-corrected chi connectivity index (χ0v) is 11.0. The average Bonchev–Trinajstić information content (AvgIpc) is 2.47. The molecule has 5 nitrogen and oxygen atoms in total. The lowest BCUT2D eigenvalue weighted by atomic mass is 10.1. The molecule has 0 spiro atoms. The van der Waals surface area contributed by atoms with E-state index in [1.165, 1.54) is 18.2 Å². The SMILES string of the molecule is N#Cc1ccc(F)cc1CN1CCN(C(=O)CO)CC1. The van der Waals surface area contributed by atoms with Crippen LogP contribution in [0.2, 0.25) is 0 Å². The van der Waals surface area contributed by atoms with Crippen LogP contribution in [0, 0.1) is 17.1 Å². The summed E-state index contributed by atoms with van der Waals surface area (Å²) in [6, 6.07) is 6.20. The van der Waals surface area contributed by atoms with Crippen LogP contribution in [0.1, 0.15) is 11.1 Å². The molecule has 1 aliphatic heterocycles. The van der Waals surface area contributed by atoms with Crippen molar-refractivity contribution >= 4 is 5.91 Å². The van der Waals surface area contributed by atoms with Crippen LogP contribution in [0.15, 0.2) is 18.2 Å². The van der Waals surface area contributed by atoms with Crippen molar-refractivity contribution in [1.82, 2.24) is 9.80 Å². The van der Waals surface area contributed by atoms with Gasteiger partial charge in [-0.15, -0.1) is 0 Å². The smallest absolute Gasteiger partial charge is 0.248 e. The molecule has 20 heavy (non-hydrogen) atoms. The molecule has 106 valence electrons. The first-order chi connectivity index (χ1) is 9.63. The van der Waals surface area contributed by atoms with Gasteiger partial charge in [-0.05, 0) is 23.8 Å². The van der Waals surface area contributed by atoms with Gasteiger partial charge in [-0.3, -0.25) is 9.69 Å². The van der Waals surface area contributed by atoms with Crippen molar-refractivity contribution in [3.8, 4) is 6.07 Å². The maximum atomic E-state index is 13.2. The maximum Gasteiger partial charge on any atom is 0.248 e. The second kappa shape index (κ2) is 6.46. The molecule has 1 heterocycles. The van der Waals surface area contributed by atoms with E-state index in [1.807, 2.05) is 0 Å². The van der Waals surface area contributed by atoms with Gasteiger partial charge >= 0.3 is 0 Å². The van der Waals surface area contributed by atoms with E-state index in [1.54, 1.807) is 4.90 Å². The standard InChI is InChI=1S/C14H16FN3O2/c15-13-2-1-11(8-16)12(7-13)9-17-3-5-18(6-4-17)14(20)10-19/h1-2,7,19H,3-6,9-10H2. The monoisotopic (exact) mass is 277 g/mol. The van der Waals surface area contributed by atoms with E-state index in [-0.39, 0.29) is 11.7 Å². The van der Waals surface area contributed by atoms with Gasteiger partial charge in [0.05, 0.1) is 11.6 Å². The number of hydrogen-bond acceptors (Lipinski definition) is 4. The molecule has 2 rings (SSSR count). The van der Waals surface area contributed by atoms with Crippen molar-refractivity contribution in [3.05, 3.63) is 35.1 Å². The van der Waals surface area contributed by atoms with Crippen molar-refractivity contribution < 1.29 is 14.3 Å². The van der Waals surface area contributed by atoms with E-state index in [9.17, 15) is 9.18 Å². The minimum atomic E-state index is -0.470. The molecule has 1 aromatic rings. The Morgan fingerprint density at radius 1 is 1.35 bits per heavy atom. The predicted molar refractivity (Wildman–Crippen MR) is 70.1 cm³/mol. The molecule has 0 unspecified atom stereocenters. The van der Waals surface area contributed by atoms with Crippen LogP contribution in [0.4, 0.5) is 4.39 Å². The average molecular weight is 277 g/mol. The molecule has 1 aliphatic rings.